The Labute approximate surface area is 187 Å². The lowest BCUT2D eigenvalue weighted by atomic mass is 10.0. The third kappa shape index (κ3) is 4.33. The van der Waals surface area contributed by atoms with Gasteiger partial charge in [0.25, 0.3) is 11.5 Å². The monoisotopic (exact) mass is 450 g/mol. The number of aromatic amines is 2. The van der Waals surface area contributed by atoms with Crippen molar-refractivity contribution in [2.24, 2.45) is 0 Å². The van der Waals surface area contributed by atoms with Crippen LogP contribution in [0.4, 0.5) is 0 Å². The largest absolute Gasteiger partial charge is 0.480 e. The lowest BCUT2D eigenvalue weighted by Gasteiger charge is -2.14. The van der Waals surface area contributed by atoms with Crippen molar-refractivity contribution in [3.05, 3.63) is 85.7 Å². The van der Waals surface area contributed by atoms with Crippen LogP contribution in [0.2, 0.25) is 0 Å². The van der Waals surface area contributed by atoms with E-state index in [0.29, 0.717) is 21.7 Å². The highest BCUT2D eigenvalue weighted by molar-refractivity contribution is 7.14. The van der Waals surface area contributed by atoms with Gasteiger partial charge in [-0.25, -0.2) is 9.78 Å². The predicted molar refractivity (Wildman–Crippen MR) is 122 cm³/mol. The molecule has 0 radical (unpaired) electrons. The van der Waals surface area contributed by atoms with Crippen molar-refractivity contribution in [2.75, 3.05) is 0 Å². The van der Waals surface area contributed by atoms with E-state index in [1.165, 1.54) is 11.3 Å². The number of benzene rings is 1. The van der Waals surface area contributed by atoms with Gasteiger partial charge >= 0.3 is 5.97 Å². The SMILES string of the molecule is Cc1nc2[nH]cc(C(C)c3ccc(C(=O)N[C@@H](Cc4ccccc4)C(=O)O)s3)c2c(=O)[nH]1. The maximum Gasteiger partial charge on any atom is 0.326 e. The topological polar surface area (TPSA) is 128 Å². The van der Waals surface area contributed by atoms with E-state index in [1.54, 1.807) is 19.2 Å². The number of nitrogens with one attached hydrogen (secondary N) is 3. The van der Waals surface area contributed by atoms with Crippen molar-refractivity contribution >= 4 is 34.2 Å². The van der Waals surface area contributed by atoms with Crippen molar-refractivity contribution < 1.29 is 14.7 Å². The Balaban J connectivity index is 1.53. The average molecular weight is 451 g/mol. The van der Waals surface area contributed by atoms with Gasteiger partial charge in [0.05, 0.1) is 10.3 Å². The maximum absolute atomic E-state index is 12.7. The summed E-state index contributed by atoms with van der Waals surface area (Å²) in [6, 6.07) is 11.6. The summed E-state index contributed by atoms with van der Waals surface area (Å²) in [5.74, 6) is -1.15. The van der Waals surface area contributed by atoms with E-state index in [1.807, 2.05) is 43.3 Å². The number of nitrogens with zero attached hydrogens (tertiary/aromatic N) is 1. The molecule has 9 heteroatoms. The first kappa shape index (κ1) is 21.5. The smallest absolute Gasteiger partial charge is 0.326 e. The normalized spacial score (nSPS) is 13.1. The zero-order chi connectivity index (χ0) is 22.8. The number of hydrogen-bond acceptors (Lipinski definition) is 5. The Morgan fingerprint density at radius 1 is 1.19 bits per heavy atom. The molecular weight excluding hydrogens is 428 g/mol. The molecule has 1 aromatic carbocycles. The van der Waals surface area contributed by atoms with Crippen LogP contribution in [-0.4, -0.2) is 38.0 Å². The van der Waals surface area contributed by atoms with Crippen molar-refractivity contribution in [3.8, 4) is 0 Å². The number of carboxylic acids is 1. The van der Waals surface area contributed by atoms with Crippen LogP contribution in [0.3, 0.4) is 0 Å². The summed E-state index contributed by atoms with van der Waals surface area (Å²) in [6.07, 6.45) is 1.96. The van der Waals surface area contributed by atoms with Crippen LogP contribution in [0.15, 0.2) is 53.5 Å². The van der Waals surface area contributed by atoms with Crippen LogP contribution < -0.4 is 10.9 Å². The lowest BCUT2D eigenvalue weighted by Crippen LogP contribution is -2.42. The Morgan fingerprint density at radius 2 is 1.94 bits per heavy atom. The van der Waals surface area contributed by atoms with Gasteiger partial charge < -0.3 is 20.4 Å². The fraction of sp³-hybridized carbons (Fsp3) is 0.217. The highest BCUT2D eigenvalue weighted by Gasteiger charge is 2.24. The first-order valence-corrected chi connectivity index (χ1v) is 10.9. The second kappa shape index (κ2) is 8.80. The van der Waals surface area contributed by atoms with Crippen molar-refractivity contribution in [1.82, 2.24) is 20.3 Å². The van der Waals surface area contributed by atoms with Gasteiger partial charge in [0.2, 0.25) is 0 Å². The molecule has 3 aromatic heterocycles. The van der Waals surface area contributed by atoms with Crippen LogP contribution in [0.5, 0.6) is 0 Å². The number of carbonyl (C=O) groups excluding carboxylic acids is 1. The van der Waals surface area contributed by atoms with E-state index < -0.39 is 17.9 Å². The number of thiophene rings is 1. The summed E-state index contributed by atoms with van der Waals surface area (Å²) < 4.78 is 0. The van der Waals surface area contributed by atoms with Gasteiger partial charge in [-0.3, -0.25) is 9.59 Å². The molecule has 2 atom stereocenters. The van der Waals surface area contributed by atoms with E-state index >= 15 is 0 Å². The van der Waals surface area contributed by atoms with Crippen LogP contribution >= 0.6 is 11.3 Å². The number of carbonyl (C=O) groups is 2. The molecule has 4 rings (SSSR count). The number of hydrogen-bond donors (Lipinski definition) is 4. The summed E-state index contributed by atoms with van der Waals surface area (Å²) >= 11 is 1.27. The van der Waals surface area contributed by atoms with E-state index in [4.69, 9.17) is 0 Å². The highest BCUT2D eigenvalue weighted by Crippen LogP contribution is 2.32. The molecule has 0 aliphatic rings. The molecule has 0 spiro atoms. The minimum absolute atomic E-state index is 0.152. The molecule has 32 heavy (non-hydrogen) atoms. The van der Waals surface area contributed by atoms with Crippen LogP contribution in [0, 0.1) is 6.92 Å². The molecule has 1 unspecified atom stereocenters. The summed E-state index contributed by atoms with van der Waals surface area (Å²) in [5, 5.41) is 12.7. The van der Waals surface area contributed by atoms with Crippen LogP contribution in [0.25, 0.3) is 11.0 Å². The quantitative estimate of drug-likeness (QED) is 0.344. The maximum atomic E-state index is 12.7. The van der Waals surface area contributed by atoms with Gasteiger partial charge in [0.1, 0.15) is 17.5 Å². The number of aryl methyl sites for hydroxylation is 1. The third-order valence-corrected chi connectivity index (χ3v) is 6.59. The van der Waals surface area contributed by atoms with Crippen molar-refractivity contribution in [2.45, 2.75) is 32.2 Å². The first-order valence-electron chi connectivity index (χ1n) is 10.1. The number of aromatic nitrogens is 3. The minimum Gasteiger partial charge on any atom is -0.480 e. The predicted octanol–water partition coefficient (Wildman–Crippen LogP) is 3.20. The minimum atomic E-state index is -1.09. The Kier molecular flexibility index (Phi) is 5.91. The van der Waals surface area contributed by atoms with Crippen molar-refractivity contribution in [3.63, 3.8) is 0 Å². The van der Waals surface area contributed by atoms with Gasteiger partial charge in [0.15, 0.2) is 0 Å². The van der Waals surface area contributed by atoms with E-state index in [9.17, 15) is 19.5 Å². The van der Waals surface area contributed by atoms with Gasteiger partial charge in [-0.15, -0.1) is 11.3 Å². The van der Waals surface area contributed by atoms with E-state index in [0.717, 1.165) is 16.0 Å². The average Bonchev–Trinajstić information content (AvgIpc) is 3.41. The molecule has 4 aromatic rings. The molecular formula is C23H22N4O4S. The Hall–Kier alpha value is -3.72. The van der Waals surface area contributed by atoms with E-state index in [2.05, 4.69) is 20.3 Å². The zero-order valence-electron chi connectivity index (χ0n) is 17.5. The fourth-order valence-corrected chi connectivity index (χ4v) is 4.64. The van der Waals surface area contributed by atoms with Gasteiger partial charge in [-0.05, 0) is 30.2 Å². The van der Waals surface area contributed by atoms with Crippen LogP contribution in [0.1, 0.15) is 44.3 Å². The summed E-state index contributed by atoms with van der Waals surface area (Å²) in [7, 11) is 0. The molecule has 8 nitrogen and oxygen atoms in total. The van der Waals surface area contributed by atoms with Crippen LogP contribution in [-0.2, 0) is 11.2 Å². The number of carboxylic acid groups (broad SMARTS) is 1. The molecule has 0 fully saturated rings. The Bertz CT molecular complexity index is 1340. The highest BCUT2D eigenvalue weighted by atomic mass is 32.1. The Morgan fingerprint density at radius 3 is 2.66 bits per heavy atom. The number of H-pyrrole nitrogens is 2. The van der Waals surface area contributed by atoms with Crippen molar-refractivity contribution in [1.29, 1.82) is 0 Å². The zero-order valence-corrected chi connectivity index (χ0v) is 18.3. The summed E-state index contributed by atoms with van der Waals surface area (Å²) in [6.45, 7) is 3.67. The molecule has 1 amide bonds. The summed E-state index contributed by atoms with van der Waals surface area (Å²) in [4.78, 5) is 48.2. The van der Waals surface area contributed by atoms with Gasteiger partial charge in [-0.1, -0.05) is 37.3 Å². The fourth-order valence-electron chi connectivity index (χ4n) is 3.66. The molecule has 0 saturated heterocycles. The number of rotatable bonds is 7. The number of fused-ring (bicyclic) bond motifs is 1. The molecule has 0 aliphatic carbocycles. The second-order valence-electron chi connectivity index (χ2n) is 7.60. The van der Waals surface area contributed by atoms with E-state index in [-0.39, 0.29) is 17.9 Å². The van der Waals surface area contributed by atoms with Gasteiger partial charge in [-0.2, -0.15) is 0 Å². The molecule has 4 N–H and O–H groups in total. The molecule has 0 saturated carbocycles. The lowest BCUT2D eigenvalue weighted by molar-refractivity contribution is -0.139. The second-order valence-corrected chi connectivity index (χ2v) is 8.71. The first-order chi connectivity index (χ1) is 15.3. The number of amides is 1. The standard InChI is InChI=1S/C23H22N4O4S/c1-12(15-11-24-20-19(15)22(29)26-13(2)25-20)17-8-9-18(32-17)21(28)27-16(23(30)31)10-14-6-4-3-5-7-14/h3-9,11-12,16H,10H2,1-2H3,(H,27,28)(H,30,31)(H2,24,25,26,29)/t12?,16-/m0/s1. The van der Waals surface area contributed by atoms with Gasteiger partial charge in [0, 0.05) is 23.4 Å². The summed E-state index contributed by atoms with van der Waals surface area (Å²) in [5.41, 5.74) is 1.92. The third-order valence-electron chi connectivity index (χ3n) is 5.32. The number of aliphatic carboxylic acids is 1. The molecule has 0 aliphatic heterocycles. The molecule has 3 heterocycles. The molecule has 0 bridgehead atoms. The molecule has 164 valence electrons.